The number of carbonyl (C=O) groups excluding carboxylic acids is 1. The van der Waals surface area contributed by atoms with E-state index in [0.717, 1.165) is 30.9 Å². The Hall–Kier alpha value is -1.59. The first kappa shape index (κ1) is 15.8. The first-order valence-corrected chi connectivity index (χ1v) is 7.63. The maximum Gasteiger partial charge on any atom is 0.238 e. The van der Waals surface area contributed by atoms with Gasteiger partial charge in [-0.15, -0.1) is 0 Å². The highest BCUT2D eigenvalue weighted by molar-refractivity contribution is 5.92. The number of rotatable bonds is 6. The fourth-order valence-corrected chi connectivity index (χ4v) is 2.64. The second-order valence-corrected chi connectivity index (χ2v) is 5.37. The van der Waals surface area contributed by atoms with Gasteiger partial charge in [-0.2, -0.15) is 0 Å². The predicted molar refractivity (Wildman–Crippen MR) is 84.8 cm³/mol. The standard InChI is InChI=1S/C16H25N3O2/c1-3-21-15-8-6-13(7-9-15)18-16(20)12-19-10-4-5-14(11-19)17-2/h6-9,14,17H,3-5,10-12H2,1-2H3,(H,18,20). The number of nitrogens with zero attached hydrogens (tertiary/aromatic N) is 1. The van der Waals surface area contributed by atoms with Crippen LogP contribution in [0.2, 0.25) is 0 Å². The summed E-state index contributed by atoms with van der Waals surface area (Å²) in [5, 5.41) is 6.22. The van der Waals surface area contributed by atoms with E-state index < -0.39 is 0 Å². The zero-order valence-electron chi connectivity index (χ0n) is 12.9. The van der Waals surface area contributed by atoms with Crippen molar-refractivity contribution in [2.75, 3.05) is 38.6 Å². The number of ether oxygens (including phenoxy) is 1. The highest BCUT2D eigenvalue weighted by atomic mass is 16.5. The lowest BCUT2D eigenvalue weighted by atomic mass is 10.1. The molecule has 0 aliphatic carbocycles. The third-order valence-corrected chi connectivity index (χ3v) is 3.73. The van der Waals surface area contributed by atoms with Crippen molar-refractivity contribution >= 4 is 11.6 Å². The van der Waals surface area contributed by atoms with Gasteiger partial charge in [0.25, 0.3) is 0 Å². The molecular formula is C16H25N3O2. The van der Waals surface area contributed by atoms with E-state index in [1.807, 2.05) is 38.2 Å². The number of anilines is 1. The van der Waals surface area contributed by atoms with Crippen molar-refractivity contribution in [2.45, 2.75) is 25.8 Å². The van der Waals surface area contributed by atoms with E-state index >= 15 is 0 Å². The van der Waals surface area contributed by atoms with Crippen molar-refractivity contribution in [3.05, 3.63) is 24.3 Å². The first-order valence-electron chi connectivity index (χ1n) is 7.63. The van der Waals surface area contributed by atoms with E-state index in [4.69, 9.17) is 4.74 Å². The largest absolute Gasteiger partial charge is 0.494 e. The van der Waals surface area contributed by atoms with Crippen LogP contribution in [0.15, 0.2) is 24.3 Å². The van der Waals surface area contributed by atoms with E-state index in [9.17, 15) is 4.79 Å². The van der Waals surface area contributed by atoms with Crippen LogP contribution in [-0.4, -0.2) is 50.1 Å². The van der Waals surface area contributed by atoms with Crippen LogP contribution in [0, 0.1) is 0 Å². The van der Waals surface area contributed by atoms with E-state index in [-0.39, 0.29) is 5.91 Å². The molecule has 0 aromatic heterocycles. The molecule has 1 aliphatic rings. The van der Waals surface area contributed by atoms with Gasteiger partial charge in [-0.3, -0.25) is 9.69 Å². The molecule has 1 fully saturated rings. The molecule has 1 aromatic carbocycles. The maximum atomic E-state index is 12.1. The summed E-state index contributed by atoms with van der Waals surface area (Å²) in [6.45, 7) is 4.98. The summed E-state index contributed by atoms with van der Waals surface area (Å²) in [7, 11) is 1.98. The van der Waals surface area contributed by atoms with Gasteiger partial charge in [0.15, 0.2) is 0 Å². The van der Waals surface area contributed by atoms with Crippen LogP contribution in [-0.2, 0) is 4.79 Å². The number of hydrogen-bond acceptors (Lipinski definition) is 4. The number of benzene rings is 1. The minimum Gasteiger partial charge on any atom is -0.494 e. The molecule has 0 spiro atoms. The van der Waals surface area contributed by atoms with Gasteiger partial charge in [0.1, 0.15) is 5.75 Å². The molecule has 1 unspecified atom stereocenters. The van der Waals surface area contributed by atoms with E-state index in [0.29, 0.717) is 19.2 Å². The number of likely N-dealkylation sites (tertiary alicyclic amines) is 1. The number of piperidine rings is 1. The minimum atomic E-state index is 0.0379. The first-order chi connectivity index (χ1) is 10.2. The summed E-state index contributed by atoms with van der Waals surface area (Å²) in [6.07, 6.45) is 2.33. The summed E-state index contributed by atoms with van der Waals surface area (Å²) < 4.78 is 5.38. The Morgan fingerprint density at radius 3 is 2.81 bits per heavy atom. The molecule has 2 N–H and O–H groups in total. The minimum absolute atomic E-state index is 0.0379. The summed E-state index contributed by atoms with van der Waals surface area (Å²) >= 11 is 0. The Balaban J connectivity index is 1.81. The van der Waals surface area contributed by atoms with E-state index in [2.05, 4.69) is 15.5 Å². The average Bonchev–Trinajstić information content (AvgIpc) is 2.49. The maximum absolute atomic E-state index is 12.1. The van der Waals surface area contributed by atoms with Gasteiger partial charge in [-0.1, -0.05) is 0 Å². The van der Waals surface area contributed by atoms with Crippen LogP contribution in [0.5, 0.6) is 5.75 Å². The van der Waals surface area contributed by atoms with Crippen molar-refractivity contribution in [3.8, 4) is 5.75 Å². The Morgan fingerprint density at radius 2 is 2.14 bits per heavy atom. The molecule has 5 heteroatoms. The lowest BCUT2D eigenvalue weighted by Crippen LogP contribution is -2.46. The number of hydrogen-bond donors (Lipinski definition) is 2. The number of amides is 1. The molecule has 0 saturated carbocycles. The van der Waals surface area contributed by atoms with Crippen LogP contribution < -0.4 is 15.4 Å². The van der Waals surface area contributed by atoms with Gasteiger partial charge < -0.3 is 15.4 Å². The molecule has 1 aromatic rings. The molecule has 0 bridgehead atoms. The number of nitrogens with one attached hydrogen (secondary N) is 2. The van der Waals surface area contributed by atoms with Crippen molar-refractivity contribution in [2.24, 2.45) is 0 Å². The van der Waals surface area contributed by atoms with Crippen LogP contribution in [0.3, 0.4) is 0 Å². The van der Waals surface area contributed by atoms with Crippen LogP contribution in [0.4, 0.5) is 5.69 Å². The Kier molecular flexibility index (Phi) is 6.02. The Labute approximate surface area is 126 Å². The number of carbonyl (C=O) groups is 1. The third kappa shape index (κ3) is 5.02. The lowest BCUT2D eigenvalue weighted by Gasteiger charge is -2.31. The van der Waals surface area contributed by atoms with Gasteiger partial charge >= 0.3 is 0 Å². The second-order valence-electron chi connectivity index (χ2n) is 5.37. The van der Waals surface area contributed by atoms with Crippen molar-refractivity contribution < 1.29 is 9.53 Å². The normalized spacial score (nSPS) is 19.2. The molecular weight excluding hydrogens is 266 g/mol. The summed E-state index contributed by atoms with van der Waals surface area (Å²) in [4.78, 5) is 14.3. The molecule has 21 heavy (non-hydrogen) atoms. The Bertz CT molecular complexity index is 447. The van der Waals surface area contributed by atoms with Crippen molar-refractivity contribution in [3.63, 3.8) is 0 Å². The average molecular weight is 291 g/mol. The SMILES string of the molecule is CCOc1ccc(NC(=O)CN2CCCC(NC)C2)cc1. The fourth-order valence-electron chi connectivity index (χ4n) is 2.64. The number of likely N-dealkylation sites (N-methyl/N-ethyl adjacent to an activating group) is 1. The molecule has 1 atom stereocenters. The fraction of sp³-hybridized carbons (Fsp3) is 0.562. The van der Waals surface area contributed by atoms with Crippen LogP contribution in [0.25, 0.3) is 0 Å². The molecule has 1 heterocycles. The van der Waals surface area contributed by atoms with Crippen molar-refractivity contribution in [1.82, 2.24) is 10.2 Å². The molecule has 5 nitrogen and oxygen atoms in total. The van der Waals surface area contributed by atoms with Gasteiger partial charge in [0.2, 0.25) is 5.91 Å². The summed E-state index contributed by atoms with van der Waals surface area (Å²) in [5.41, 5.74) is 0.811. The Morgan fingerprint density at radius 1 is 1.38 bits per heavy atom. The smallest absolute Gasteiger partial charge is 0.238 e. The predicted octanol–water partition coefficient (Wildman–Crippen LogP) is 1.71. The molecule has 116 valence electrons. The third-order valence-electron chi connectivity index (χ3n) is 3.73. The quantitative estimate of drug-likeness (QED) is 0.838. The monoisotopic (exact) mass is 291 g/mol. The summed E-state index contributed by atoms with van der Waals surface area (Å²) in [5.74, 6) is 0.860. The van der Waals surface area contributed by atoms with Gasteiger partial charge in [-0.25, -0.2) is 0 Å². The van der Waals surface area contributed by atoms with Crippen molar-refractivity contribution in [1.29, 1.82) is 0 Å². The van der Waals surface area contributed by atoms with Gasteiger partial charge in [0.05, 0.1) is 13.2 Å². The highest BCUT2D eigenvalue weighted by Gasteiger charge is 2.20. The molecule has 2 rings (SSSR count). The molecule has 1 amide bonds. The van der Waals surface area contributed by atoms with Gasteiger partial charge in [-0.05, 0) is 57.6 Å². The molecule has 0 radical (unpaired) electrons. The highest BCUT2D eigenvalue weighted by Crippen LogP contribution is 2.16. The van der Waals surface area contributed by atoms with Gasteiger partial charge in [0, 0.05) is 18.3 Å². The molecule has 1 aliphatic heterocycles. The zero-order chi connectivity index (χ0) is 15.1. The van der Waals surface area contributed by atoms with Crippen LogP contribution in [0.1, 0.15) is 19.8 Å². The second kappa shape index (κ2) is 8.00. The lowest BCUT2D eigenvalue weighted by molar-refractivity contribution is -0.117. The van der Waals surface area contributed by atoms with E-state index in [1.165, 1.54) is 6.42 Å². The van der Waals surface area contributed by atoms with Crippen LogP contribution >= 0.6 is 0 Å². The van der Waals surface area contributed by atoms with E-state index in [1.54, 1.807) is 0 Å². The zero-order valence-corrected chi connectivity index (χ0v) is 12.9. The topological polar surface area (TPSA) is 53.6 Å². The molecule has 1 saturated heterocycles. The summed E-state index contributed by atoms with van der Waals surface area (Å²) in [6, 6.07) is 7.98.